The third-order valence-corrected chi connectivity index (χ3v) is 6.43. The van der Waals surface area contributed by atoms with Gasteiger partial charge in [0, 0.05) is 32.8 Å². The molecule has 0 bridgehead atoms. The Kier molecular flexibility index (Phi) is 7.04. The van der Waals surface area contributed by atoms with Gasteiger partial charge >= 0.3 is 0 Å². The van der Waals surface area contributed by atoms with E-state index in [1.807, 2.05) is 25.3 Å². The predicted octanol–water partition coefficient (Wildman–Crippen LogP) is 4.83. The van der Waals surface area contributed by atoms with Crippen LogP contribution in [0.1, 0.15) is 36.1 Å². The molecule has 0 amide bonds. The van der Waals surface area contributed by atoms with Crippen LogP contribution in [-0.2, 0) is 0 Å². The number of nitrogens with zero attached hydrogens (tertiary/aromatic N) is 5. The van der Waals surface area contributed by atoms with Crippen molar-refractivity contribution >= 4 is 17.3 Å². The second kappa shape index (κ2) is 10.3. The van der Waals surface area contributed by atoms with E-state index in [0.29, 0.717) is 16.0 Å². The van der Waals surface area contributed by atoms with E-state index in [4.69, 9.17) is 0 Å². The molecule has 1 aliphatic rings. The fourth-order valence-corrected chi connectivity index (χ4v) is 4.71. The Morgan fingerprint density at radius 3 is 2.42 bits per heavy atom. The molecule has 0 atom stereocenters. The zero-order valence-electron chi connectivity index (χ0n) is 18.1. The van der Waals surface area contributed by atoms with Crippen LogP contribution in [0, 0.1) is 35.4 Å². The normalized spacial score (nSPS) is 13.1. The van der Waals surface area contributed by atoms with Crippen molar-refractivity contribution in [3.8, 4) is 23.3 Å². The maximum atomic E-state index is 13.5. The number of benzene rings is 1. The number of nitrogens with one attached hydrogen (secondary N) is 2. The van der Waals surface area contributed by atoms with E-state index in [-0.39, 0.29) is 5.56 Å². The third-order valence-electron chi connectivity index (χ3n) is 5.33. The van der Waals surface area contributed by atoms with Crippen LogP contribution in [0.3, 0.4) is 0 Å². The van der Waals surface area contributed by atoms with Gasteiger partial charge in [-0.1, -0.05) is 18.2 Å². The summed E-state index contributed by atoms with van der Waals surface area (Å²) in [7, 11) is 0. The number of aromatic nitrogens is 4. The lowest BCUT2D eigenvalue weighted by molar-refractivity contribution is 0.520. The van der Waals surface area contributed by atoms with Gasteiger partial charge in [0.2, 0.25) is 0 Å². The molecule has 1 aromatic carbocycles. The van der Waals surface area contributed by atoms with E-state index in [9.17, 15) is 14.9 Å². The molecule has 0 saturated carbocycles. The summed E-state index contributed by atoms with van der Waals surface area (Å²) in [6.45, 7) is 4.41. The number of pyridine rings is 1. The first kappa shape index (κ1) is 22.5. The third kappa shape index (κ3) is 5.06. The van der Waals surface area contributed by atoms with Gasteiger partial charge in [-0.25, -0.2) is 8.91 Å². The number of rotatable bonds is 3. The molecule has 0 unspecified atom stereocenters. The van der Waals surface area contributed by atoms with Gasteiger partial charge in [-0.2, -0.15) is 20.7 Å². The number of aryl methyl sites for hydroxylation is 1. The lowest BCUT2D eigenvalue weighted by Crippen LogP contribution is -2.21. The molecule has 0 radical (unpaired) electrons. The number of fused-ring (bicyclic) bond motifs is 1. The summed E-state index contributed by atoms with van der Waals surface area (Å²) < 4.78 is 15.1. The zero-order chi connectivity index (χ0) is 23.2. The zero-order valence-corrected chi connectivity index (χ0v) is 18.9. The average Bonchev–Trinajstić information content (AvgIpc) is 3.47. The van der Waals surface area contributed by atoms with Crippen LogP contribution in [0.5, 0.6) is 0 Å². The van der Waals surface area contributed by atoms with Gasteiger partial charge in [-0.05, 0) is 57.1 Å². The molecule has 5 rings (SSSR count). The van der Waals surface area contributed by atoms with E-state index < -0.39 is 5.82 Å². The van der Waals surface area contributed by atoms with Crippen LogP contribution in [0.15, 0.2) is 52.6 Å². The fraction of sp³-hybridized carbons (Fsp3) is 0.250. The Morgan fingerprint density at radius 1 is 1.03 bits per heavy atom. The molecule has 4 heterocycles. The quantitative estimate of drug-likeness (QED) is 0.455. The minimum absolute atomic E-state index is 0.237. The highest BCUT2D eigenvalue weighted by atomic mass is 32.2. The molecule has 1 fully saturated rings. The van der Waals surface area contributed by atoms with E-state index in [1.54, 1.807) is 16.8 Å². The molecule has 166 valence electrons. The number of halogens is 1. The number of hydrogen-bond donors (Lipinski definition) is 2. The largest absolute Gasteiger partial charge is 0.317 e. The van der Waals surface area contributed by atoms with Crippen LogP contribution in [0.2, 0.25) is 0 Å². The highest BCUT2D eigenvalue weighted by Gasteiger charge is 2.16. The lowest BCUT2D eigenvalue weighted by atomic mass is 10.1. The Morgan fingerprint density at radius 2 is 1.82 bits per heavy atom. The first-order valence-electron chi connectivity index (χ1n) is 10.6. The van der Waals surface area contributed by atoms with Crippen molar-refractivity contribution in [2.45, 2.75) is 36.0 Å². The van der Waals surface area contributed by atoms with Crippen molar-refractivity contribution in [1.82, 2.24) is 25.1 Å². The topological polar surface area (TPSA) is 106 Å². The summed E-state index contributed by atoms with van der Waals surface area (Å²) in [4.78, 5) is 1.34. The van der Waals surface area contributed by atoms with Crippen LogP contribution >= 0.6 is 11.8 Å². The highest BCUT2D eigenvalue weighted by Crippen LogP contribution is 2.37. The summed E-state index contributed by atoms with van der Waals surface area (Å²) in [5.74, 6) is -0.467. The minimum Gasteiger partial charge on any atom is -0.317 e. The van der Waals surface area contributed by atoms with Crippen molar-refractivity contribution in [3.05, 3.63) is 65.5 Å². The molecule has 9 heteroatoms. The molecule has 0 spiro atoms. The number of hydrogen-bond acceptors (Lipinski definition) is 6. The van der Waals surface area contributed by atoms with Gasteiger partial charge in [0.25, 0.3) is 0 Å². The van der Waals surface area contributed by atoms with Crippen LogP contribution in [0.4, 0.5) is 4.39 Å². The molecule has 7 nitrogen and oxygen atoms in total. The van der Waals surface area contributed by atoms with Crippen molar-refractivity contribution in [1.29, 1.82) is 10.5 Å². The maximum Gasteiger partial charge on any atom is 0.124 e. The van der Waals surface area contributed by atoms with Crippen molar-refractivity contribution < 1.29 is 4.39 Å². The molecule has 1 aliphatic heterocycles. The summed E-state index contributed by atoms with van der Waals surface area (Å²) in [6, 6.07) is 10.1. The Hall–Kier alpha value is -3.66. The van der Waals surface area contributed by atoms with Gasteiger partial charge in [0.1, 0.15) is 18.0 Å². The van der Waals surface area contributed by atoms with Gasteiger partial charge in [0.15, 0.2) is 0 Å². The Balaban J connectivity index is 0.000000376. The second-order valence-electron chi connectivity index (χ2n) is 7.63. The van der Waals surface area contributed by atoms with Crippen LogP contribution in [-0.4, -0.2) is 32.9 Å². The van der Waals surface area contributed by atoms with E-state index in [1.165, 1.54) is 62.4 Å². The predicted molar refractivity (Wildman–Crippen MR) is 124 cm³/mol. The van der Waals surface area contributed by atoms with Crippen molar-refractivity contribution in [2.75, 3.05) is 13.1 Å². The molecular formula is C24H22FN7S. The summed E-state index contributed by atoms with van der Waals surface area (Å²) in [6.07, 6.45) is 9.26. The fourth-order valence-electron chi connectivity index (χ4n) is 3.63. The smallest absolute Gasteiger partial charge is 0.124 e. The molecule has 2 N–H and O–H groups in total. The molecule has 1 saturated heterocycles. The molecule has 4 aromatic rings. The monoisotopic (exact) mass is 459 g/mol. The van der Waals surface area contributed by atoms with E-state index in [2.05, 4.69) is 26.7 Å². The van der Waals surface area contributed by atoms with Gasteiger partial charge in [-0.15, -0.1) is 0 Å². The Bertz CT molecular complexity index is 1340. The second-order valence-corrected chi connectivity index (χ2v) is 8.71. The van der Waals surface area contributed by atoms with Gasteiger partial charge in [-0.3, -0.25) is 5.10 Å². The molecule has 0 aliphatic carbocycles. The number of H-pyrrole nitrogens is 1. The van der Waals surface area contributed by atoms with Gasteiger partial charge in [0.05, 0.1) is 29.0 Å². The average molecular weight is 460 g/mol. The first-order chi connectivity index (χ1) is 16.1. The highest BCUT2D eigenvalue weighted by molar-refractivity contribution is 7.99. The Labute approximate surface area is 195 Å². The van der Waals surface area contributed by atoms with E-state index in [0.717, 1.165) is 21.7 Å². The number of nitriles is 2. The number of aromatic amines is 1. The minimum atomic E-state index is -0.467. The lowest BCUT2D eigenvalue weighted by Gasteiger charge is -2.09. The summed E-state index contributed by atoms with van der Waals surface area (Å²) in [5, 5.41) is 33.3. The van der Waals surface area contributed by atoms with Crippen LogP contribution < -0.4 is 5.32 Å². The standard InChI is InChI=1S/C19H11FN6S.C5H11N/c1-11-16(9-23-25-11)13-5-18(19-14(7-22)8-24-26(19)10-13)27-17-3-2-15(20)4-12(17)6-21;1-2-4-6-5-3-1/h2-5,8-10H,1H3,(H,23,25);6H,1-5H2. The van der Waals surface area contributed by atoms with E-state index >= 15 is 0 Å². The maximum absolute atomic E-state index is 13.5. The van der Waals surface area contributed by atoms with Crippen molar-refractivity contribution in [3.63, 3.8) is 0 Å². The SMILES string of the molecule is C1CCNCC1.Cc1[nH]ncc1-c1cc(Sc2ccc(F)cc2C#N)c2c(C#N)cnn2c1. The van der Waals surface area contributed by atoms with Crippen molar-refractivity contribution in [2.24, 2.45) is 0 Å². The molecule has 33 heavy (non-hydrogen) atoms. The molecule has 3 aromatic heterocycles. The van der Waals surface area contributed by atoms with Crippen LogP contribution in [0.25, 0.3) is 16.6 Å². The van der Waals surface area contributed by atoms with Gasteiger partial charge < -0.3 is 5.32 Å². The first-order valence-corrected chi connectivity index (χ1v) is 11.4. The summed E-state index contributed by atoms with van der Waals surface area (Å²) in [5.41, 5.74) is 3.98. The summed E-state index contributed by atoms with van der Waals surface area (Å²) >= 11 is 1.30. The number of piperidine rings is 1. The molecular weight excluding hydrogens is 437 g/mol.